The number of nitrogens with zero attached hydrogens (tertiary/aromatic N) is 4. The zero-order chi connectivity index (χ0) is 18.1. The van der Waals surface area contributed by atoms with E-state index in [1.54, 1.807) is 0 Å². The number of fused-ring (bicyclic) bond motifs is 1. The fraction of sp³-hybridized carbons (Fsp3) is 0.579. The Kier molecular flexibility index (Phi) is 4.82. The molecule has 0 bridgehead atoms. The van der Waals surface area contributed by atoms with E-state index in [0.717, 1.165) is 62.4 Å². The minimum atomic E-state index is -0.123. The van der Waals surface area contributed by atoms with Crippen LogP contribution in [0.1, 0.15) is 36.8 Å². The summed E-state index contributed by atoms with van der Waals surface area (Å²) in [5, 5.41) is 6.85. The first-order chi connectivity index (χ1) is 12.7. The Hall–Kier alpha value is -2.12. The van der Waals surface area contributed by atoms with E-state index < -0.39 is 0 Å². The molecule has 1 amide bonds. The van der Waals surface area contributed by atoms with Crippen molar-refractivity contribution in [2.24, 2.45) is 16.6 Å². The maximum atomic E-state index is 13.3. The second kappa shape index (κ2) is 7.25. The molecule has 140 valence electrons. The summed E-state index contributed by atoms with van der Waals surface area (Å²) >= 11 is 0. The zero-order valence-electron chi connectivity index (χ0n) is 15.2. The van der Waals surface area contributed by atoms with Crippen LogP contribution in [0.2, 0.25) is 0 Å². The molecule has 3 aliphatic rings. The van der Waals surface area contributed by atoms with Gasteiger partial charge < -0.3 is 16.4 Å². The number of nitrogens with two attached hydrogens (primary N) is 2. The van der Waals surface area contributed by atoms with Crippen LogP contribution < -0.4 is 11.5 Å². The molecule has 2 saturated heterocycles. The van der Waals surface area contributed by atoms with Gasteiger partial charge in [-0.25, -0.2) is 0 Å². The van der Waals surface area contributed by atoms with Gasteiger partial charge >= 0.3 is 0 Å². The predicted molar refractivity (Wildman–Crippen MR) is 101 cm³/mol. The van der Waals surface area contributed by atoms with E-state index in [9.17, 15) is 4.79 Å². The normalized spacial score (nSPS) is 26.2. The molecule has 0 radical (unpaired) electrons. The molecule has 2 unspecified atom stereocenters. The average molecular weight is 356 g/mol. The largest absolute Gasteiger partial charge is 0.339 e. The molecule has 3 heterocycles. The van der Waals surface area contributed by atoms with Gasteiger partial charge in [-0.05, 0) is 36.8 Å². The van der Waals surface area contributed by atoms with Crippen molar-refractivity contribution in [2.75, 3.05) is 19.6 Å². The standard InChI is InChI=1S/C19H28N6O/c20-11-14-5-1-2-6-15(14)12-24-18(26)17-8-4-10-25(17)22-19(24)23-9-3-7-16(21)13-23/h1-2,5-6,16-17H,3-4,7-13,20-21H2. The smallest absolute Gasteiger partial charge is 0.254 e. The SMILES string of the molecule is NCc1ccccc1CN1C(=O)C2CCCN2N=C1N1CCCC(N)C1. The number of hydrazone groups is 1. The van der Waals surface area contributed by atoms with Crippen molar-refractivity contribution < 1.29 is 4.79 Å². The van der Waals surface area contributed by atoms with Crippen LogP contribution in [0.4, 0.5) is 0 Å². The van der Waals surface area contributed by atoms with Crippen LogP contribution in [0.5, 0.6) is 0 Å². The Balaban J connectivity index is 1.66. The summed E-state index contributed by atoms with van der Waals surface area (Å²) in [4.78, 5) is 17.3. The molecule has 0 aliphatic carbocycles. The summed E-state index contributed by atoms with van der Waals surface area (Å²) in [5.74, 6) is 0.911. The lowest BCUT2D eigenvalue weighted by atomic mass is 10.1. The molecule has 4 rings (SSSR count). The highest BCUT2D eigenvalue weighted by Gasteiger charge is 2.41. The molecule has 0 aromatic heterocycles. The van der Waals surface area contributed by atoms with Gasteiger partial charge in [-0.3, -0.25) is 14.7 Å². The van der Waals surface area contributed by atoms with Crippen LogP contribution in [-0.2, 0) is 17.9 Å². The number of hydrogen-bond acceptors (Lipinski definition) is 6. The summed E-state index contributed by atoms with van der Waals surface area (Å²) in [6, 6.07) is 8.08. The molecule has 0 spiro atoms. The molecule has 2 fully saturated rings. The summed E-state index contributed by atoms with van der Waals surface area (Å²) in [5.41, 5.74) is 14.2. The number of benzene rings is 1. The molecule has 4 N–H and O–H groups in total. The number of amides is 1. The van der Waals surface area contributed by atoms with Gasteiger partial charge in [-0.2, -0.15) is 0 Å². The number of carbonyl (C=O) groups excluding carboxylic acids is 1. The van der Waals surface area contributed by atoms with Crippen molar-refractivity contribution in [1.82, 2.24) is 14.8 Å². The van der Waals surface area contributed by atoms with Crippen LogP contribution in [0.15, 0.2) is 29.4 Å². The molecular formula is C19H28N6O. The van der Waals surface area contributed by atoms with Gasteiger partial charge in [-0.15, -0.1) is 5.10 Å². The van der Waals surface area contributed by atoms with Gasteiger partial charge in [0.05, 0.1) is 6.54 Å². The monoisotopic (exact) mass is 356 g/mol. The maximum Gasteiger partial charge on any atom is 0.254 e. The zero-order valence-corrected chi connectivity index (χ0v) is 15.2. The fourth-order valence-corrected chi connectivity index (χ4v) is 4.22. The Morgan fingerprint density at radius 2 is 1.88 bits per heavy atom. The second-order valence-corrected chi connectivity index (χ2v) is 7.47. The number of hydrogen-bond donors (Lipinski definition) is 2. The summed E-state index contributed by atoms with van der Waals surface area (Å²) < 4.78 is 0. The van der Waals surface area contributed by atoms with Crippen LogP contribution >= 0.6 is 0 Å². The van der Waals surface area contributed by atoms with Crippen LogP contribution in [0.25, 0.3) is 0 Å². The van der Waals surface area contributed by atoms with Crippen molar-refractivity contribution in [1.29, 1.82) is 0 Å². The lowest BCUT2D eigenvalue weighted by molar-refractivity contribution is -0.134. The Labute approximate surface area is 154 Å². The lowest BCUT2D eigenvalue weighted by Crippen LogP contribution is -2.59. The molecular weight excluding hydrogens is 328 g/mol. The van der Waals surface area contributed by atoms with E-state index in [2.05, 4.69) is 11.0 Å². The van der Waals surface area contributed by atoms with Crippen molar-refractivity contribution >= 4 is 11.9 Å². The Morgan fingerprint density at radius 1 is 1.12 bits per heavy atom. The third-order valence-corrected chi connectivity index (χ3v) is 5.64. The van der Waals surface area contributed by atoms with Gasteiger partial charge in [0.1, 0.15) is 6.04 Å². The minimum absolute atomic E-state index is 0.123. The van der Waals surface area contributed by atoms with Crippen LogP contribution in [-0.4, -0.2) is 58.4 Å². The van der Waals surface area contributed by atoms with E-state index in [1.807, 2.05) is 28.1 Å². The van der Waals surface area contributed by atoms with E-state index in [1.165, 1.54) is 0 Å². The lowest BCUT2D eigenvalue weighted by Gasteiger charge is -2.42. The molecule has 2 atom stereocenters. The molecule has 1 aromatic rings. The third-order valence-electron chi connectivity index (χ3n) is 5.64. The van der Waals surface area contributed by atoms with Crippen molar-refractivity contribution in [3.8, 4) is 0 Å². The first-order valence-corrected chi connectivity index (χ1v) is 9.61. The van der Waals surface area contributed by atoms with Crippen molar-refractivity contribution in [2.45, 2.75) is 50.9 Å². The number of guanidine groups is 1. The predicted octanol–water partition coefficient (Wildman–Crippen LogP) is 0.646. The summed E-state index contributed by atoms with van der Waals surface area (Å²) in [6.07, 6.45) is 3.95. The van der Waals surface area contributed by atoms with Crippen LogP contribution in [0, 0.1) is 0 Å². The van der Waals surface area contributed by atoms with Crippen molar-refractivity contribution in [3.05, 3.63) is 35.4 Å². The van der Waals surface area contributed by atoms with Gasteiger partial charge in [0, 0.05) is 32.2 Å². The van der Waals surface area contributed by atoms with E-state index in [-0.39, 0.29) is 18.0 Å². The highest BCUT2D eigenvalue weighted by atomic mass is 16.2. The molecule has 3 aliphatic heterocycles. The van der Waals surface area contributed by atoms with E-state index in [4.69, 9.17) is 16.6 Å². The quantitative estimate of drug-likeness (QED) is 0.830. The number of piperidine rings is 1. The average Bonchev–Trinajstić information content (AvgIpc) is 3.13. The first-order valence-electron chi connectivity index (χ1n) is 9.61. The van der Waals surface area contributed by atoms with Crippen LogP contribution in [0.3, 0.4) is 0 Å². The maximum absolute atomic E-state index is 13.3. The van der Waals surface area contributed by atoms with Gasteiger partial charge in [0.15, 0.2) is 0 Å². The van der Waals surface area contributed by atoms with Crippen molar-refractivity contribution in [3.63, 3.8) is 0 Å². The highest BCUT2D eigenvalue weighted by molar-refractivity contribution is 6.01. The summed E-state index contributed by atoms with van der Waals surface area (Å²) in [6.45, 7) is 3.48. The highest BCUT2D eigenvalue weighted by Crippen LogP contribution is 2.27. The Bertz CT molecular complexity index is 705. The molecule has 1 aromatic carbocycles. The van der Waals surface area contributed by atoms with Gasteiger partial charge in [0.2, 0.25) is 5.96 Å². The number of rotatable bonds is 3. The van der Waals surface area contributed by atoms with E-state index in [0.29, 0.717) is 13.1 Å². The number of likely N-dealkylation sites (tertiary alicyclic amines) is 1. The first kappa shape index (κ1) is 17.3. The van der Waals surface area contributed by atoms with E-state index >= 15 is 0 Å². The molecule has 7 nitrogen and oxygen atoms in total. The van der Waals surface area contributed by atoms with Gasteiger partial charge in [0.25, 0.3) is 5.91 Å². The molecule has 7 heteroatoms. The fourth-order valence-electron chi connectivity index (χ4n) is 4.22. The third kappa shape index (κ3) is 3.17. The minimum Gasteiger partial charge on any atom is -0.339 e. The Morgan fingerprint density at radius 3 is 2.65 bits per heavy atom. The summed E-state index contributed by atoms with van der Waals surface area (Å²) in [7, 11) is 0. The molecule has 0 saturated carbocycles. The molecule has 26 heavy (non-hydrogen) atoms. The second-order valence-electron chi connectivity index (χ2n) is 7.47. The van der Waals surface area contributed by atoms with Gasteiger partial charge in [-0.1, -0.05) is 24.3 Å². The number of carbonyl (C=O) groups is 1. The topological polar surface area (TPSA) is 91.2 Å².